The topological polar surface area (TPSA) is 50.3 Å². The van der Waals surface area contributed by atoms with E-state index in [0.29, 0.717) is 10.8 Å². The number of hydrogen-bond donors (Lipinski definition) is 0. The van der Waals surface area contributed by atoms with Gasteiger partial charge < -0.3 is 0 Å². The van der Waals surface area contributed by atoms with E-state index >= 15 is 0 Å². The highest BCUT2D eigenvalue weighted by atomic mass is 32.2. The smallest absolute Gasteiger partial charge is 0.265 e. The van der Waals surface area contributed by atoms with Crippen LogP contribution >= 0.6 is 11.5 Å². The molecule has 0 N–H and O–H groups in total. The third-order valence-corrected chi connectivity index (χ3v) is 6.53. The van der Waals surface area contributed by atoms with E-state index in [2.05, 4.69) is 4.37 Å². The van der Waals surface area contributed by atoms with Crippen molar-refractivity contribution in [2.75, 3.05) is 10.8 Å². The van der Waals surface area contributed by atoms with Crippen molar-refractivity contribution in [1.82, 2.24) is 4.37 Å². The van der Waals surface area contributed by atoms with Crippen LogP contribution in [0.3, 0.4) is 0 Å². The first kappa shape index (κ1) is 13.6. The van der Waals surface area contributed by atoms with E-state index in [1.54, 1.807) is 10.4 Å². The number of fused-ring (bicyclic) bond motifs is 1. The van der Waals surface area contributed by atoms with Crippen molar-refractivity contribution >= 4 is 27.2 Å². The van der Waals surface area contributed by atoms with E-state index in [1.807, 2.05) is 24.3 Å². The SMILES string of the molecule is O=S(=O)(c1ccns1)N1CCCCCc2ccccc21. The summed E-state index contributed by atoms with van der Waals surface area (Å²) in [5, 5.41) is 0. The number of benzene rings is 1. The quantitative estimate of drug-likeness (QED) is 0.856. The predicted octanol–water partition coefficient (Wildman–Crippen LogP) is 3.06. The Morgan fingerprint density at radius 1 is 1.10 bits per heavy atom. The van der Waals surface area contributed by atoms with Crippen molar-refractivity contribution in [3.05, 3.63) is 42.1 Å². The van der Waals surface area contributed by atoms with Gasteiger partial charge >= 0.3 is 0 Å². The number of aryl methyl sites for hydroxylation is 1. The number of aromatic nitrogens is 1. The molecule has 6 heteroatoms. The van der Waals surface area contributed by atoms with Crippen molar-refractivity contribution in [3.63, 3.8) is 0 Å². The third kappa shape index (κ3) is 2.45. The molecule has 2 aromatic rings. The molecular formula is C14H16N2O2S2. The summed E-state index contributed by atoms with van der Waals surface area (Å²) in [5.74, 6) is 0. The van der Waals surface area contributed by atoms with Crippen LogP contribution in [0.5, 0.6) is 0 Å². The van der Waals surface area contributed by atoms with Crippen LogP contribution in [0, 0.1) is 0 Å². The largest absolute Gasteiger partial charge is 0.275 e. The minimum Gasteiger partial charge on any atom is -0.265 e. The van der Waals surface area contributed by atoms with Crippen LogP contribution in [0.1, 0.15) is 24.8 Å². The normalized spacial score (nSPS) is 16.3. The molecule has 0 atom stereocenters. The molecule has 0 spiro atoms. The molecule has 3 rings (SSSR count). The highest BCUT2D eigenvalue weighted by Crippen LogP contribution is 2.31. The van der Waals surface area contributed by atoms with Crippen LogP contribution in [0.15, 0.2) is 40.7 Å². The molecule has 4 nitrogen and oxygen atoms in total. The summed E-state index contributed by atoms with van der Waals surface area (Å²) in [6.45, 7) is 0.539. The Morgan fingerprint density at radius 2 is 1.95 bits per heavy atom. The Balaban J connectivity index is 2.09. The number of nitrogens with zero attached hydrogens (tertiary/aromatic N) is 2. The zero-order chi connectivity index (χ0) is 14.0. The van der Waals surface area contributed by atoms with Gasteiger partial charge in [0.25, 0.3) is 10.0 Å². The summed E-state index contributed by atoms with van der Waals surface area (Å²) >= 11 is 1.03. The van der Waals surface area contributed by atoms with Crippen LogP contribution in [-0.2, 0) is 16.4 Å². The van der Waals surface area contributed by atoms with Crippen molar-refractivity contribution in [1.29, 1.82) is 0 Å². The maximum absolute atomic E-state index is 12.8. The number of para-hydroxylation sites is 1. The summed E-state index contributed by atoms with van der Waals surface area (Å²) in [5.41, 5.74) is 1.93. The summed E-state index contributed by atoms with van der Waals surface area (Å²) in [7, 11) is -3.48. The van der Waals surface area contributed by atoms with Crippen LogP contribution in [0.25, 0.3) is 0 Å². The molecule has 1 aromatic carbocycles. The molecule has 1 aliphatic rings. The van der Waals surface area contributed by atoms with Gasteiger partial charge in [-0.15, -0.1) is 0 Å². The predicted molar refractivity (Wildman–Crippen MR) is 80.6 cm³/mol. The molecule has 0 saturated carbocycles. The first-order valence-corrected chi connectivity index (χ1v) is 8.92. The molecule has 0 saturated heterocycles. The van der Waals surface area contributed by atoms with Crippen LogP contribution < -0.4 is 4.31 Å². The molecule has 0 fully saturated rings. The van der Waals surface area contributed by atoms with E-state index in [1.165, 1.54) is 6.20 Å². The maximum atomic E-state index is 12.8. The molecule has 20 heavy (non-hydrogen) atoms. The lowest BCUT2D eigenvalue weighted by Gasteiger charge is -2.27. The summed E-state index contributed by atoms with van der Waals surface area (Å²) in [6, 6.07) is 9.37. The fraction of sp³-hybridized carbons (Fsp3) is 0.357. The fourth-order valence-electron chi connectivity index (χ4n) is 2.53. The van der Waals surface area contributed by atoms with Gasteiger partial charge in [-0.3, -0.25) is 4.31 Å². The number of rotatable bonds is 2. The monoisotopic (exact) mass is 308 g/mol. The lowest BCUT2D eigenvalue weighted by molar-refractivity contribution is 0.585. The molecule has 106 valence electrons. The van der Waals surface area contributed by atoms with Crippen molar-refractivity contribution < 1.29 is 8.42 Å². The molecule has 1 aliphatic heterocycles. The highest BCUT2D eigenvalue weighted by molar-refractivity contribution is 7.94. The Bertz CT molecular complexity index is 681. The second-order valence-corrected chi connectivity index (χ2v) is 7.77. The fourth-order valence-corrected chi connectivity index (χ4v) is 4.91. The van der Waals surface area contributed by atoms with Gasteiger partial charge in [0.05, 0.1) is 5.69 Å². The minimum atomic E-state index is -3.48. The summed E-state index contributed by atoms with van der Waals surface area (Å²) < 4.78 is 31.3. The van der Waals surface area contributed by atoms with E-state index in [-0.39, 0.29) is 0 Å². The van der Waals surface area contributed by atoms with E-state index in [4.69, 9.17) is 0 Å². The second-order valence-electron chi connectivity index (χ2n) is 4.85. The van der Waals surface area contributed by atoms with Crippen molar-refractivity contribution in [2.24, 2.45) is 0 Å². The van der Waals surface area contributed by atoms with Crippen molar-refractivity contribution in [3.8, 4) is 0 Å². The Kier molecular flexibility index (Phi) is 3.76. The molecular weight excluding hydrogens is 292 g/mol. The van der Waals surface area contributed by atoms with E-state index < -0.39 is 10.0 Å². The summed E-state index contributed by atoms with van der Waals surface area (Å²) in [4.78, 5) is 0. The van der Waals surface area contributed by atoms with Gasteiger partial charge in [0.2, 0.25) is 0 Å². The van der Waals surface area contributed by atoms with Gasteiger partial charge in [0.15, 0.2) is 4.21 Å². The van der Waals surface area contributed by atoms with Gasteiger partial charge in [-0.2, -0.15) is 4.37 Å². The van der Waals surface area contributed by atoms with Gasteiger partial charge in [-0.05, 0) is 48.5 Å². The Morgan fingerprint density at radius 3 is 2.75 bits per heavy atom. The lowest BCUT2D eigenvalue weighted by atomic mass is 10.0. The van der Waals surface area contributed by atoms with Gasteiger partial charge in [0.1, 0.15) is 0 Å². The maximum Gasteiger partial charge on any atom is 0.275 e. The molecule has 2 heterocycles. The van der Waals surface area contributed by atoms with Crippen LogP contribution in [-0.4, -0.2) is 19.3 Å². The number of hydrogen-bond acceptors (Lipinski definition) is 4. The van der Waals surface area contributed by atoms with Crippen LogP contribution in [0.2, 0.25) is 0 Å². The van der Waals surface area contributed by atoms with Crippen molar-refractivity contribution in [2.45, 2.75) is 29.9 Å². The number of anilines is 1. The lowest BCUT2D eigenvalue weighted by Crippen LogP contribution is -2.33. The average molecular weight is 308 g/mol. The molecule has 0 amide bonds. The third-order valence-electron chi connectivity index (χ3n) is 3.53. The molecule has 0 bridgehead atoms. The molecule has 0 unspecified atom stereocenters. The van der Waals surface area contributed by atoms with Gasteiger partial charge in [-0.1, -0.05) is 24.6 Å². The average Bonchev–Trinajstić information content (AvgIpc) is 2.94. The molecule has 1 aromatic heterocycles. The van der Waals surface area contributed by atoms with Gasteiger partial charge in [0, 0.05) is 12.7 Å². The zero-order valence-electron chi connectivity index (χ0n) is 11.0. The first-order chi connectivity index (χ1) is 9.69. The Labute approximate surface area is 123 Å². The standard InChI is InChI=1S/C14H16N2O2S2/c17-20(18,14-9-10-15-19-14)16-11-5-1-2-6-12-7-3-4-8-13(12)16/h3-4,7-10H,1-2,5-6,11H2. The number of sulfonamides is 1. The molecule has 0 radical (unpaired) electrons. The molecule has 0 aliphatic carbocycles. The van der Waals surface area contributed by atoms with E-state index in [0.717, 1.165) is 48.5 Å². The van der Waals surface area contributed by atoms with Crippen LogP contribution in [0.4, 0.5) is 5.69 Å². The van der Waals surface area contributed by atoms with Gasteiger partial charge in [-0.25, -0.2) is 8.42 Å². The Hall–Kier alpha value is -1.40. The highest BCUT2D eigenvalue weighted by Gasteiger charge is 2.28. The minimum absolute atomic E-state index is 0.313. The zero-order valence-corrected chi connectivity index (χ0v) is 12.7. The first-order valence-electron chi connectivity index (χ1n) is 6.71. The second kappa shape index (κ2) is 5.54. The summed E-state index contributed by atoms with van der Waals surface area (Å²) in [6.07, 6.45) is 5.54. The van der Waals surface area contributed by atoms with E-state index in [9.17, 15) is 8.42 Å².